The molecule has 2 rings (SSSR count). The highest BCUT2D eigenvalue weighted by molar-refractivity contribution is 6.06. The second-order valence-corrected chi connectivity index (χ2v) is 6.10. The van der Waals surface area contributed by atoms with E-state index in [2.05, 4.69) is 12.2 Å². The molecule has 1 aromatic carbocycles. The number of aryl methyl sites for hydroxylation is 1. The lowest BCUT2D eigenvalue weighted by molar-refractivity contribution is -0.126. The average Bonchev–Trinajstić information content (AvgIpc) is 2.71. The Kier molecular flexibility index (Phi) is 5.58. The van der Waals surface area contributed by atoms with Crippen molar-refractivity contribution in [3.05, 3.63) is 29.3 Å². The predicted molar refractivity (Wildman–Crippen MR) is 88.8 cm³/mol. The van der Waals surface area contributed by atoms with Crippen LogP contribution < -0.4 is 10.2 Å². The van der Waals surface area contributed by atoms with E-state index in [1.54, 1.807) is 0 Å². The molecule has 0 fully saturated rings. The monoisotopic (exact) mass is 302 g/mol. The SMILES string of the molecule is CCCCCCCN1C(=O)C(NC(C)=O)c2cc(C)ccc21. The summed E-state index contributed by atoms with van der Waals surface area (Å²) in [6, 6.07) is 5.50. The van der Waals surface area contributed by atoms with Crippen molar-refractivity contribution in [2.75, 3.05) is 11.4 Å². The summed E-state index contributed by atoms with van der Waals surface area (Å²) in [6.45, 7) is 6.38. The van der Waals surface area contributed by atoms with Crippen LogP contribution in [-0.4, -0.2) is 18.4 Å². The van der Waals surface area contributed by atoms with E-state index in [0.717, 1.165) is 36.2 Å². The Balaban J connectivity index is 2.11. The fraction of sp³-hybridized carbons (Fsp3) is 0.556. The Hall–Kier alpha value is -1.84. The zero-order chi connectivity index (χ0) is 16.1. The normalized spacial score (nSPS) is 16.8. The quantitative estimate of drug-likeness (QED) is 0.784. The third-order valence-electron chi connectivity index (χ3n) is 4.13. The molecular formula is C18H26N2O2. The van der Waals surface area contributed by atoms with Gasteiger partial charge in [-0.2, -0.15) is 0 Å². The number of anilines is 1. The summed E-state index contributed by atoms with van der Waals surface area (Å²) in [5.41, 5.74) is 2.98. The molecule has 22 heavy (non-hydrogen) atoms. The van der Waals surface area contributed by atoms with Gasteiger partial charge in [-0.05, 0) is 19.4 Å². The van der Waals surface area contributed by atoms with E-state index in [-0.39, 0.29) is 11.8 Å². The maximum Gasteiger partial charge on any atom is 0.254 e. The molecule has 1 N–H and O–H groups in total. The van der Waals surface area contributed by atoms with Gasteiger partial charge in [0.1, 0.15) is 6.04 Å². The largest absolute Gasteiger partial charge is 0.341 e. The van der Waals surface area contributed by atoms with Crippen molar-refractivity contribution in [2.24, 2.45) is 0 Å². The van der Waals surface area contributed by atoms with E-state index in [0.29, 0.717) is 0 Å². The third-order valence-corrected chi connectivity index (χ3v) is 4.13. The number of hydrogen-bond donors (Lipinski definition) is 1. The Morgan fingerprint density at radius 3 is 2.64 bits per heavy atom. The van der Waals surface area contributed by atoms with E-state index < -0.39 is 6.04 Å². The fourth-order valence-corrected chi connectivity index (χ4v) is 3.01. The minimum atomic E-state index is -0.525. The van der Waals surface area contributed by atoms with Gasteiger partial charge in [0.2, 0.25) is 5.91 Å². The van der Waals surface area contributed by atoms with Gasteiger partial charge >= 0.3 is 0 Å². The van der Waals surface area contributed by atoms with Crippen molar-refractivity contribution in [1.29, 1.82) is 0 Å². The summed E-state index contributed by atoms with van der Waals surface area (Å²) in [4.78, 5) is 25.9. The lowest BCUT2D eigenvalue weighted by Gasteiger charge is -2.18. The molecule has 0 aromatic heterocycles. The highest BCUT2D eigenvalue weighted by Gasteiger charge is 2.37. The first-order valence-corrected chi connectivity index (χ1v) is 8.23. The van der Waals surface area contributed by atoms with E-state index >= 15 is 0 Å². The topological polar surface area (TPSA) is 49.4 Å². The number of unbranched alkanes of at least 4 members (excludes halogenated alkanes) is 4. The van der Waals surface area contributed by atoms with Crippen LogP contribution in [-0.2, 0) is 9.59 Å². The summed E-state index contributed by atoms with van der Waals surface area (Å²) >= 11 is 0. The van der Waals surface area contributed by atoms with Gasteiger partial charge in [-0.25, -0.2) is 0 Å². The van der Waals surface area contributed by atoms with Gasteiger partial charge in [-0.1, -0.05) is 50.3 Å². The number of carbonyl (C=O) groups excluding carboxylic acids is 2. The minimum absolute atomic E-state index is 0.00806. The highest BCUT2D eigenvalue weighted by Crippen LogP contribution is 2.36. The summed E-state index contributed by atoms with van der Waals surface area (Å²) in [6.07, 6.45) is 5.83. The molecule has 0 radical (unpaired) electrons. The molecule has 4 heteroatoms. The summed E-state index contributed by atoms with van der Waals surface area (Å²) in [5.74, 6) is -0.179. The molecule has 0 spiro atoms. The molecule has 1 aliphatic rings. The molecule has 0 bridgehead atoms. The lowest BCUT2D eigenvalue weighted by Crippen LogP contribution is -2.37. The zero-order valence-corrected chi connectivity index (χ0v) is 13.8. The number of rotatable bonds is 7. The second-order valence-electron chi connectivity index (χ2n) is 6.10. The Bertz CT molecular complexity index is 554. The van der Waals surface area contributed by atoms with Crippen LogP contribution in [0.5, 0.6) is 0 Å². The van der Waals surface area contributed by atoms with Crippen LogP contribution >= 0.6 is 0 Å². The van der Waals surface area contributed by atoms with Crippen molar-refractivity contribution in [3.8, 4) is 0 Å². The molecule has 1 aromatic rings. The first kappa shape index (κ1) is 16.5. The van der Waals surface area contributed by atoms with Crippen molar-refractivity contribution < 1.29 is 9.59 Å². The number of nitrogens with one attached hydrogen (secondary N) is 1. The molecule has 4 nitrogen and oxygen atoms in total. The lowest BCUT2D eigenvalue weighted by atomic mass is 10.1. The molecule has 120 valence electrons. The molecule has 1 unspecified atom stereocenters. The van der Waals surface area contributed by atoms with Crippen molar-refractivity contribution in [1.82, 2.24) is 5.32 Å². The predicted octanol–water partition coefficient (Wildman–Crippen LogP) is 3.49. The summed E-state index contributed by atoms with van der Waals surface area (Å²) in [5, 5.41) is 2.79. The Morgan fingerprint density at radius 1 is 1.23 bits per heavy atom. The van der Waals surface area contributed by atoms with Gasteiger partial charge in [-0.15, -0.1) is 0 Å². The van der Waals surface area contributed by atoms with Crippen LogP contribution in [0.3, 0.4) is 0 Å². The maximum absolute atomic E-state index is 12.6. The second kappa shape index (κ2) is 7.43. The van der Waals surface area contributed by atoms with Crippen LogP contribution in [0, 0.1) is 6.92 Å². The van der Waals surface area contributed by atoms with Crippen LogP contribution in [0.25, 0.3) is 0 Å². The first-order chi connectivity index (χ1) is 10.5. The molecule has 1 heterocycles. The van der Waals surface area contributed by atoms with Gasteiger partial charge < -0.3 is 10.2 Å². The molecule has 0 saturated heterocycles. The van der Waals surface area contributed by atoms with Crippen LogP contribution in [0.4, 0.5) is 5.69 Å². The average molecular weight is 302 g/mol. The Labute approximate surface area is 132 Å². The molecular weight excluding hydrogens is 276 g/mol. The van der Waals surface area contributed by atoms with E-state index in [1.807, 2.05) is 30.0 Å². The summed E-state index contributed by atoms with van der Waals surface area (Å²) < 4.78 is 0. The number of nitrogens with zero attached hydrogens (tertiary/aromatic N) is 1. The Morgan fingerprint density at radius 2 is 1.95 bits per heavy atom. The van der Waals surface area contributed by atoms with Gasteiger partial charge in [0.15, 0.2) is 0 Å². The van der Waals surface area contributed by atoms with E-state index in [1.165, 1.54) is 26.2 Å². The van der Waals surface area contributed by atoms with Crippen LogP contribution in [0.15, 0.2) is 18.2 Å². The van der Waals surface area contributed by atoms with E-state index in [9.17, 15) is 9.59 Å². The van der Waals surface area contributed by atoms with Gasteiger partial charge in [0.05, 0.1) is 0 Å². The smallest absolute Gasteiger partial charge is 0.254 e. The van der Waals surface area contributed by atoms with Gasteiger partial charge in [0, 0.05) is 24.7 Å². The van der Waals surface area contributed by atoms with Crippen molar-refractivity contribution in [2.45, 2.75) is 58.9 Å². The number of benzene rings is 1. The first-order valence-electron chi connectivity index (χ1n) is 8.23. The van der Waals surface area contributed by atoms with Crippen molar-refractivity contribution >= 4 is 17.5 Å². The third kappa shape index (κ3) is 3.67. The number of carbonyl (C=O) groups is 2. The fourth-order valence-electron chi connectivity index (χ4n) is 3.01. The molecule has 0 aliphatic carbocycles. The van der Waals surface area contributed by atoms with Gasteiger partial charge in [-0.3, -0.25) is 9.59 Å². The minimum Gasteiger partial charge on any atom is -0.341 e. The van der Waals surface area contributed by atoms with Gasteiger partial charge in [0.25, 0.3) is 5.91 Å². The highest BCUT2D eigenvalue weighted by atomic mass is 16.2. The van der Waals surface area contributed by atoms with Crippen LogP contribution in [0.2, 0.25) is 0 Å². The molecule has 2 amide bonds. The number of hydrogen-bond acceptors (Lipinski definition) is 2. The van der Waals surface area contributed by atoms with Crippen molar-refractivity contribution in [3.63, 3.8) is 0 Å². The van der Waals surface area contributed by atoms with Crippen LogP contribution in [0.1, 0.15) is 63.1 Å². The molecule has 1 aliphatic heterocycles. The standard InChI is InChI=1S/C18H26N2O2/c1-4-5-6-7-8-11-20-16-10-9-13(2)12-15(16)17(18(20)22)19-14(3)21/h9-10,12,17H,4-8,11H2,1-3H3,(H,19,21). The maximum atomic E-state index is 12.6. The zero-order valence-electron chi connectivity index (χ0n) is 13.8. The number of fused-ring (bicyclic) bond motifs is 1. The molecule has 1 atom stereocenters. The number of amides is 2. The molecule has 0 saturated carbocycles. The summed E-state index contributed by atoms with van der Waals surface area (Å²) in [7, 11) is 0. The van der Waals surface area contributed by atoms with E-state index in [4.69, 9.17) is 0 Å².